The molecule has 0 aliphatic heterocycles. The van der Waals surface area contributed by atoms with Gasteiger partial charge >= 0.3 is 0 Å². The lowest BCUT2D eigenvalue weighted by atomic mass is 9.87. The number of nitrogens with one attached hydrogen (secondary N) is 1. The van der Waals surface area contributed by atoms with Crippen LogP contribution in [0.2, 0.25) is 0 Å². The number of primary amides is 1. The van der Waals surface area contributed by atoms with Gasteiger partial charge in [0, 0.05) is 24.7 Å². The maximum Gasteiger partial charge on any atom is 0.287 e. The molecule has 3 aromatic rings. The van der Waals surface area contributed by atoms with Crippen molar-refractivity contribution in [1.29, 1.82) is 0 Å². The molecule has 2 aromatic heterocycles. The summed E-state index contributed by atoms with van der Waals surface area (Å²) in [5.74, 6) is -1.68. The lowest BCUT2D eigenvalue weighted by Crippen LogP contribution is -2.47. The Hall–Kier alpha value is -3.81. The molecule has 1 aliphatic carbocycles. The van der Waals surface area contributed by atoms with Crippen molar-refractivity contribution in [2.45, 2.75) is 50.5 Å². The van der Waals surface area contributed by atoms with Crippen LogP contribution in [0.25, 0.3) is 5.82 Å². The van der Waals surface area contributed by atoms with Gasteiger partial charge in [-0.1, -0.05) is 49.6 Å². The Balaban J connectivity index is 1.57. The van der Waals surface area contributed by atoms with Crippen molar-refractivity contribution < 1.29 is 14.4 Å². The summed E-state index contributed by atoms with van der Waals surface area (Å²) in [6.07, 6.45) is 9.43. The SMILES string of the molecule is NC(=O)C(=O)C(Cc1ccccc1)NC(=O)c1cccnc1-n1ccc(C2CCCCC2)n1. The van der Waals surface area contributed by atoms with E-state index >= 15 is 0 Å². The molecule has 170 valence electrons. The fourth-order valence-corrected chi connectivity index (χ4v) is 4.30. The predicted octanol–water partition coefficient (Wildman–Crippen LogP) is 2.71. The Morgan fingerprint density at radius 3 is 2.52 bits per heavy atom. The van der Waals surface area contributed by atoms with Crippen molar-refractivity contribution in [3.05, 3.63) is 77.7 Å². The predicted molar refractivity (Wildman–Crippen MR) is 123 cm³/mol. The van der Waals surface area contributed by atoms with E-state index in [0.29, 0.717) is 11.7 Å². The first-order valence-electron chi connectivity index (χ1n) is 11.2. The number of carbonyl (C=O) groups is 3. The van der Waals surface area contributed by atoms with Crippen LogP contribution in [0.15, 0.2) is 60.9 Å². The highest BCUT2D eigenvalue weighted by atomic mass is 16.2. The second-order valence-electron chi connectivity index (χ2n) is 8.34. The van der Waals surface area contributed by atoms with Crippen LogP contribution in [0.4, 0.5) is 0 Å². The molecule has 1 unspecified atom stereocenters. The molecule has 1 aromatic carbocycles. The molecular formula is C25H27N5O3. The van der Waals surface area contributed by atoms with E-state index in [1.54, 1.807) is 29.2 Å². The highest BCUT2D eigenvalue weighted by Gasteiger charge is 2.27. The smallest absolute Gasteiger partial charge is 0.287 e. The van der Waals surface area contributed by atoms with Gasteiger partial charge in [-0.05, 0) is 36.6 Å². The fraction of sp³-hybridized carbons (Fsp3) is 0.320. The van der Waals surface area contributed by atoms with Crippen LogP contribution >= 0.6 is 0 Å². The molecule has 1 fully saturated rings. The molecule has 4 rings (SSSR count). The summed E-state index contributed by atoms with van der Waals surface area (Å²) in [6, 6.07) is 13.3. The maximum atomic E-state index is 13.2. The summed E-state index contributed by atoms with van der Waals surface area (Å²) >= 11 is 0. The summed E-state index contributed by atoms with van der Waals surface area (Å²) in [5.41, 5.74) is 7.29. The molecular weight excluding hydrogens is 418 g/mol. The van der Waals surface area contributed by atoms with Gasteiger partial charge in [0.1, 0.15) is 6.04 Å². The number of rotatable bonds is 8. The number of carbonyl (C=O) groups excluding carboxylic acids is 3. The van der Waals surface area contributed by atoms with Gasteiger partial charge in [0.25, 0.3) is 11.8 Å². The second-order valence-corrected chi connectivity index (χ2v) is 8.34. The van der Waals surface area contributed by atoms with Crippen molar-refractivity contribution in [1.82, 2.24) is 20.1 Å². The Bertz CT molecular complexity index is 1140. The minimum Gasteiger partial charge on any atom is -0.363 e. The van der Waals surface area contributed by atoms with Crippen molar-refractivity contribution in [2.24, 2.45) is 5.73 Å². The number of Topliss-reactive ketones (excluding diaryl/α,β-unsaturated/α-hetero) is 1. The van der Waals surface area contributed by atoms with Crippen molar-refractivity contribution in [3.8, 4) is 5.82 Å². The van der Waals surface area contributed by atoms with Gasteiger partial charge in [-0.25, -0.2) is 9.67 Å². The summed E-state index contributed by atoms with van der Waals surface area (Å²) in [5, 5.41) is 7.36. The largest absolute Gasteiger partial charge is 0.363 e. The molecule has 0 bridgehead atoms. The minimum atomic E-state index is -1.09. The number of aromatic nitrogens is 3. The number of benzene rings is 1. The first kappa shape index (κ1) is 22.4. The van der Waals surface area contributed by atoms with Crippen LogP contribution in [0.5, 0.6) is 0 Å². The molecule has 8 nitrogen and oxygen atoms in total. The first-order valence-corrected chi connectivity index (χ1v) is 11.2. The number of hydrogen-bond acceptors (Lipinski definition) is 5. The molecule has 1 saturated carbocycles. The molecule has 8 heteroatoms. The van der Waals surface area contributed by atoms with E-state index < -0.39 is 23.6 Å². The monoisotopic (exact) mass is 445 g/mol. The van der Waals surface area contributed by atoms with Gasteiger partial charge in [-0.15, -0.1) is 0 Å². The number of nitrogens with zero attached hydrogens (tertiary/aromatic N) is 3. The van der Waals surface area contributed by atoms with Gasteiger partial charge in [0.15, 0.2) is 5.82 Å². The minimum absolute atomic E-state index is 0.150. The van der Waals surface area contributed by atoms with E-state index in [-0.39, 0.29) is 12.0 Å². The van der Waals surface area contributed by atoms with Gasteiger partial charge in [-0.2, -0.15) is 5.10 Å². The number of amides is 2. The van der Waals surface area contributed by atoms with E-state index in [2.05, 4.69) is 10.3 Å². The van der Waals surface area contributed by atoms with Crippen LogP contribution in [0.1, 0.15) is 59.6 Å². The molecule has 1 aliphatic rings. The Kier molecular flexibility index (Phi) is 6.92. The normalized spacial score (nSPS) is 15.0. The van der Waals surface area contributed by atoms with Crippen LogP contribution in [0.3, 0.4) is 0 Å². The molecule has 0 saturated heterocycles. The number of ketones is 1. The van der Waals surface area contributed by atoms with Crippen LogP contribution in [-0.4, -0.2) is 38.4 Å². The van der Waals surface area contributed by atoms with Crippen molar-refractivity contribution >= 4 is 17.6 Å². The molecule has 33 heavy (non-hydrogen) atoms. The standard InChI is InChI=1S/C25H27N5O3/c26-23(32)22(31)21(16-17-8-3-1-4-9-17)28-25(33)19-12-7-14-27-24(19)30-15-13-20(29-30)18-10-5-2-6-11-18/h1,3-4,7-9,12-15,18,21H,2,5-6,10-11,16H2,(H2,26,32)(H,28,33). The molecule has 0 radical (unpaired) electrons. The van der Waals surface area contributed by atoms with Gasteiger partial charge in [-0.3, -0.25) is 14.4 Å². The fourth-order valence-electron chi connectivity index (χ4n) is 4.30. The van der Waals surface area contributed by atoms with Crippen LogP contribution in [0, 0.1) is 0 Å². The van der Waals surface area contributed by atoms with Gasteiger partial charge < -0.3 is 11.1 Å². The molecule has 3 N–H and O–H groups in total. The summed E-state index contributed by atoms with van der Waals surface area (Å²) in [7, 11) is 0. The summed E-state index contributed by atoms with van der Waals surface area (Å²) < 4.78 is 1.60. The first-order chi connectivity index (χ1) is 16.0. The maximum absolute atomic E-state index is 13.2. The number of pyridine rings is 1. The third-order valence-corrected chi connectivity index (χ3v) is 6.03. The number of hydrogen-bond donors (Lipinski definition) is 2. The zero-order valence-electron chi connectivity index (χ0n) is 18.3. The average molecular weight is 446 g/mol. The zero-order chi connectivity index (χ0) is 23.2. The summed E-state index contributed by atoms with van der Waals surface area (Å²) in [6.45, 7) is 0. The van der Waals surface area contributed by atoms with Gasteiger partial charge in [0.2, 0.25) is 5.78 Å². The summed E-state index contributed by atoms with van der Waals surface area (Å²) in [4.78, 5) is 41.6. The van der Waals surface area contributed by atoms with Crippen LogP contribution < -0.4 is 11.1 Å². The molecule has 2 heterocycles. The highest BCUT2D eigenvalue weighted by molar-refractivity contribution is 6.38. The third-order valence-electron chi connectivity index (χ3n) is 6.03. The van der Waals surface area contributed by atoms with Crippen LogP contribution in [-0.2, 0) is 16.0 Å². The van der Waals surface area contributed by atoms with Crippen molar-refractivity contribution in [2.75, 3.05) is 0 Å². The molecule has 0 spiro atoms. The Morgan fingerprint density at radius 2 is 1.79 bits per heavy atom. The zero-order valence-corrected chi connectivity index (χ0v) is 18.3. The topological polar surface area (TPSA) is 120 Å². The van der Waals surface area contributed by atoms with E-state index in [4.69, 9.17) is 10.8 Å². The highest BCUT2D eigenvalue weighted by Crippen LogP contribution is 2.31. The Labute approximate surface area is 192 Å². The third kappa shape index (κ3) is 5.34. The molecule has 2 amide bonds. The quantitative estimate of drug-likeness (QED) is 0.517. The van der Waals surface area contributed by atoms with Gasteiger partial charge in [0.05, 0.1) is 11.3 Å². The van der Waals surface area contributed by atoms with E-state index in [1.807, 2.05) is 36.4 Å². The van der Waals surface area contributed by atoms with E-state index in [9.17, 15) is 14.4 Å². The Morgan fingerprint density at radius 1 is 1.03 bits per heavy atom. The van der Waals surface area contributed by atoms with E-state index in [0.717, 1.165) is 24.1 Å². The number of nitrogens with two attached hydrogens (primary N) is 1. The average Bonchev–Trinajstić information content (AvgIpc) is 3.34. The second kappa shape index (κ2) is 10.2. The van der Waals surface area contributed by atoms with Crippen molar-refractivity contribution in [3.63, 3.8) is 0 Å². The van der Waals surface area contributed by atoms with E-state index in [1.165, 1.54) is 19.3 Å². The lowest BCUT2D eigenvalue weighted by molar-refractivity contribution is -0.137. The molecule has 1 atom stereocenters. The lowest BCUT2D eigenvalue weighted by Gasteiger charge is -2.19.